The molecule has 3 rings (SSSR count). The van der Waals surface area contributed by atoms with E-state index in [2.05, 4.69) is 10.0 Å². The molecule has 0 atom stereocenters. The van der Waals surface area contributed by atoms with Crippen LogP contribution in [0, 0.1) is 11.6 Å². The summed E-state index contributed by atoms with van der Waals surface area (Å²) in [6.07, 6.45) is 0.888. The summed E-state index contributed by atoms with van der Waals surface area (Å²) in [6.45, 7) is 0. The van der Waals surface area contributed by atoms with Crippen molar-refractivity contribution >= 4 is 35.2 Å². The van der Waals surface area contributed by atoms with Gasteiger partial charge in [0.15, 0.2) is 0 Å². The third-order valence-corrected chi connectivity index (χ3v) is 4.65. The molecule has 6 nitrogen and oxygen atoms in total. The fourth-order valence-corrected chi connectivity index (χ4v) is 2.76. The first-order valence-corrected chi connectivity index (χ1v) is 8.39. The van der Waals surface area contributed by atoms with Gasteiger partial charge in [0.2, 0.25) is 0 Å². The van der Waals surface area contributed by atoms with Gasteiger partial charge in [0.1, 0.15) is 17.2 Å². The van der Waals surface area contributed by atoms with E-state index in [1.807, 2.05) is 0 Å². The molecule has 0 bridgehead atoms. The maximum Gasteiger partial charge on any atom is 0.338 e. The predicted octanol–water partition coefficient (Wildman–Crippen LogP) is 3.25. The zero-order valence-corrected chi connectivity index (χ0v) is 14.1. The summed E-state index contributed by atoms with van der Waals surface area (Å²) in [5.74, 6) is -3.93. The van der Waals surface area contributed by atoms with Gasteiger partial charge in [-0.25, -0.2) is 13.6 Å². The number of nitrogens with one attached hydrogen (secondary N) is 2. The normalized spacial score (nSPS) is 14.6. The number of benzene rings is 2. The first kappa shape index (κ1) is 18.2. The Morgan fingerprint density at radius 1 is 1.08 bits per heavy atom. The van der Waals surface area contributed by atoms with E-state index in [4.69, 9.17) is 5.11 Å². The minimum atomic E-state index is -1.55. The minimum Gasteiger partial charge on any atom is -0.478 e. The van der Waals surface area contributed by atoms with Crippen LogP contribution < -0.4 is 10.0 Å². The minimum absolute atomic E-state index is 0.189. The number of hydrogen-bond donors (Lipinski definition) is 4. The highest BCUT2D eigenvalue weighted by Crippen LogP contribution is 2.36. The molecule has 1 aliphatic carbocycles. The Kier molecular flexibility index (Phi) is 4.84. The molecule has 1 amide bonds. The lowest BCUT2D eigenvalue weighted by molar-refractivity contribution is -0.125. The lowest BCUT2D eigenvalue weighted by Gasteiger charge is -2.11. The molecule has 26 heavy (non-hydrogen) atoms. The van der Waals surface area contributed by atoms with Gasteiger partial charge in [-0.2, -0.15) is 0 Å². The molecule has 0 saturated heterocycles. The van der Waals surface area contributed by atoms with Crippen LogP contribution in [0.25, 0.3) is 0 Å². The zero-order valence-electron chi connectivity index (χ0n) is 13.3. The molecule has 0 unspecified atom stereocenters. The topological polar surface area (TPSA) is 98.7 Å². The third kappa shape index (κ3) is 3.94. The van der Waals surface area contributed by atoms with Crippen molar-refractivity contribution in [3.05, 3.63) is 53.6 Å². The number of aliphatic hydroxyl groups is 1. The first-order chi connectivity index (χ1) is 12.3. The summed E-state index contributed by atoms with van der Waals surface area (Å²) in [5.41, 5.74) is -1.69. The molecule has 1 aliphatic rings. The predicted molar refractivity (Wildman–Crippen MR) is 92.1 cm³/mol. The van der Waals surface area contributed by atoms with E-state index in [0.717, 1.165) is 18.0 Å². The molecule has 9 heteroatoms. The molecule has 4 N–H and O–H groups in total. The Labute approximate surface area is 151 Å². The maximum atomic E-state index is 13.8. The van der Waals surface area contributed by atoms with Gasteiger partial charge in [-0.15, -0.1) is 0 Å². The number of halogens is 2. The molecule has 1 fully saturated rings. The summed E-state index contributed by atoms with van der Waals surface area (Å²) in [7, 11) is 0. The highest BCUT2D eigenvalue weighted by molar-refractivity contribution is 8.00. The lowest BCUT2D eigenvalue weighted by atomic mass is 10.2. The Hall–Kier alpha value is -2.65. The monoisotopic (exact) mass is 380 g/mol. The number of carbonyl (C=O) groups excluding carboxylic acids is 1. The van der Waals surface area contributed by atoms with Crippen molar-refractivity contribution in [2.45, 2.75) is 23.3 Å². The number of aromatic carboxylic acids is 1. The Bertz CT molecular complexity index is 870. The number of carboxylic acids is 1. The third-order valence-electron chi connectivity index (χ3n) is 3.82. The standard InChI is InChI=1S/C17H14F2N2O4S/c18-12-8-14(13(19)7-11(12)15(22)23)21-26-10-3-1-9(2-4-10)20-16(24)17(25)5-6-17/h1-4,7-8,21,25H,5-6H2,(H,20,24)(H,22,23). The smallest absolute Gasteiger partial charge is 0.338 e. The van der Waals surface area contributed by atoms with Gasteiger partial charge in [0, 0.05) is 16.6 Å². The second-order valence-corrected chi connectivity index (χ2v) is 6.71. The van der Waals surface area contributed by atoms with Crippen LogP contribution in [0.5, 0.6) is 0 Å². The molecule has 1 saturated carbocycles. The van der Waals surface area contributed by atoms with Gasteiger partial charge < -0.3 is 20.3 Å². The van der Waals surface area contributed by atoms with Crippen LogP contribution in [-0.2, 0) is 4.79 Å². The average Bonchev–Trinajstić information content (AvgIpc) is 3.35. The Morgan fingerprint density at radius 2 is 1.73 bits per heavy atom. The molecule has 0 spiro atoms. The summed E-state index contributed by atoms with van der Waals surface area (Å²) in [5, 5.41) is 21.0. The quantitative estimate of drug-likeness (QED) is 0.575. The van der Waals surface area contributed by atoms with E-state index in [1.165, 1.54) is 0 Å². The summed E-state index contributed by atoms with van der Waals surface area (Å²) in [6, 6.07) is 7.89. The summed E-state index contributed by atoms with van der Waals surface area (Å²) < 4.78 is 30.1. The lowest BCUT2D eigenvalue weighted by Crippen LogP contribution is -2.29. The van der Waals surface area contributed by atoms with E-state index < -0.39 is 34.7 Å². The highest BCUT2D eigenvalue weighted by atomic mass is 32.2. The molecule has 2 aromatic rings. The molecule has 0 radical (unpaired) electrons. The Morgan fingerprint density at radius 3 is 2.31 bits per heavy atom. The van der Waals surface area contributed by atoms with Gasteiger partial charge in [-0.05, 0) is 55.1 Å². The highest BCUT2D eigenvalue weighted by Gasteiger charge is 2.48. The second-order valence-electron chi connectivity index (χ2n) is 5.83. The van der Waals surface area contributed by atoms with Crippen LogP contribution in [0.4, 0.5) is 20.2 Å². The Balaban J connectivity index is 1.62. The van der Waals surface area contributed by atoms with Crippen molar-refractivity contribution in [1.82, 2.24) is 0 Å². The molecule has 0 aliphatic heterocycles. The van der Waals surface area contributed by atoms with E-state index >= 15 is 0 Å². The maximum absolute atomic E-state index is 13.8. The second kappa shape index (κ2) is 6.93. The van der Waals surface area contributed by atoms with Crippen molar-refractivity contribution in [3.63, 3.8) is 0 Å². The van der Waals surface area contributed by atoms with Crippen LogP contribution >= 0.6 is 11.9 Å². The van der Waals surface area contributed by atoms with Crippen LogP contribution in [0.15, 0.2) is 41.3 Å². The molecule has 136 valence electrons. The molecular formula is C17H14F2N2O4S. The van der Waals surface area contributed by atoms with Gasteiger partial charge >= 0.3 is 5.97 Å². The average molecular weight is 380 g/mol. The van der Waals surface area contributed by atoms with Crippen molar-refractivity contribution in [2.75, 3.05) is 10.0 Å². The summed E-state index contributed by atoms with van der Waals surface area (Å²) >= 11 is 0.990. The zero-order chi connectivity index (χ0) is 18.9. The van der Waals surface area contributed by atoms with Gasteiger partial charge in [0.05, 0.1) is 11.3 Å². The van der Waals surface area contributed by atoms with Crippen LogP contribution in [0.2, 0.25) is 0 Å². The van der Waals surface area contributed by atoms with Crippen molar-refractivity contribution in [3.8, 4) is 0 Å². The van der Waals surface area contributed by atoms with Crippen molar-refractivity contribution in [2.24, 2.45) is 0 Å². The SMILES string of the molecule is O=C(O)c1cc(F)c(NSc2ccc(NC(=O)C3(O)CC3)cc2)cc1F. The molecular weight excluding hydrogens is 366 g/mol. The van der Waals surface area contributed by atoms with Gasteiger partial charge in [0.25, 0.3) is 5.91 Å². The molecule has 2 aromatic carbocycles. The number of anilines is 2. The largest absolute Gasteiger partial charge is 0.478 e. The fourth-order valence-electron chi connectivity index (χ4n) is 2.10. The van der Waals surface area contributed by atoms with Gasteiger partial charge in [-0.3, -0.25) is 4.79 Å². The van der Waals surface area contributed by atoms with E-state index in [1.54, 1.807) is 24.3 Å². The number of amides is 1. The van der Waals surface area contributed by atoms with E-state index in [9.17, 15) is 23.5 Å². The van der Waals surface area contributed by atoms with Crippen LogP contribution in [-0.4, -0.2) is 27.7 Å². The van der Waals surface area contributed by atoms with E-state index in [-0.39, 0.29) is 5.69 Å². The van der Waals surface area contributed by atoms with E-state index in [0.29, 0.717) is 29.5 Å². The summed E-state index contributed by atoms with van der Waals surface area (Å²) in [4.78, 5) is 23.1. The number of hydrogen-bond acceptors (Lipinski definition) is 5. The van der Waals surface area contributed by atoms with Crippen molar-refractivity contribution in [1.29, 1.82) is 0 Å². The number of carboxylic acid groups (broad SMARTS) is 1. The molecule has 0 heterocycles. The fraction of sp³-hybridized carbons (Fsp3) is 0.176. The van der Waals surface area contributed by atoms with Gasteiger partial charge in [-0.1, -0.05) is 0 Å². The van der Waals surface area contributed by atoms with Crippen molar-refractivity contribution < 1.29 is 28.6 Å². The first-order valence-electron chi connectivity index (χ1n) is 7.57. The van der Waals surface area contributed by atoms with Crippen LogP contribution in [0.3, 0.4) is 0 Å². The molecule has 0 aromatic heterocycles. The van der Waals surface area contributed by atoms with Crippen LogP contribution in [0.1, 0.15) is 23.2 Å². The number of carbonyl (C=O) groups is 2. The number of rotatable bonds is 6.